The molecule has 1 aliphatic rings. The normalized spacial score (nSPS) is 15.4. The van der Waals surface area contributed by atoms with E-state index in [1.54, 1.807) is 26.0 Å². The van der Waals surface area contributed by atoms with Crippen molar-refractivity contribution in [3.63, 3.8) is 0 Å². The predicted molar refractivity (Wildman–Crippen MR) is 147 cm³/mol. The summed E-state index contributed by atoms with van der Waals surface area (Å²) in [6, 6.07) is 26.1. The summed E-state index contributed by atoms with van der Waals surface area (Å²) in [5.41, 5.74) is 3.45. The molecule has 0 saturated carbocycles. The van der Waals surface area contributed by atoms with Gasteiger partial charge in [0.25, 0.3) is 0 Å². The highest BCUT2D eigenvalue weighted by molar-refractivity contribution is 5.97. The number of nitrogens with one attached hydrogen (secondary N) is 1. The standard InChI is InChI=1S/C32H33FN2O4/c1-3-39-32(38)31-22(2)35(30(37)20-28(31)25-15-10-16-26(33)19-25)21-29(36)34-18-17-27(23-11-6-4-7-12-23)24-13-8-5-9-14-24/h4-16,19,27-28H,3,17-18,20-21H2,1-2H3,(H,34,36). The Bertz CT molecular complexity index is 1300. The van der Waals surface area contributed by atoms with Gasteiger partial charge in [0.05, 0.1) is 12.2 Å². The van der Waals surface area contributed by atoms with Crippen molar-refractivity contribution >= 4 is 17.8 Å². The van der Waals surface area contributed by atoms with E-state index in [9.17, 15) is 18.8 Å². The molecule has 1 aliphatic heterocycles. The van der Waals surface area contributed by atoms with Crippen molar-refractivity contribution < 1.29 is 23.5 Å². The van der Waals surface area contributed by atoms with E-state index < -0.39 is 17.7 Å². The van der Waals surface area contributed by atoms with E-state index in [0.717, 1.165) is 11.1 Å². The third-order valence-electron chi connectivity index (χ3n) is 7.03. The van der Waals surface area contributed by atoms with Crippen molar-refractivity contribution in [1.29, 1.82) is 0 Å². The third kappa shape index (κ3) is 6.79. The molecule has 4 rings (SSSR count). The minimum atomic E-state index is -0.649. The maximum atomic E-state index is 14.0. The number of allylic oxidation sites excluding steroid dienone is 1. The highest BCUT2D eigenvalue weighted by atomic mass is 19.1. The number of halogens is 1. The molecule has 1 heterocycles. The first kappa shape index (κ1) is 27.8. The minimum Gasteiger partial charge on any atom is -0.463 e. The van der Waals surface area contributed by atoms with E-state index in [4.69, 9.17) is 4.74 Å². The fourth-order valence-electron chi connectivity index (χ4n) is 5.14. The minimum absolute atomic E-state index is 0.0632. The van der Waals surface area contributed by atoms with Crippen LogP contribution in [-0.4, -0.2) is 42.4 Å². The van der Waals surface area contributed by atoms with E-state index in [-0.39, 0.29) is 42.9 Å². The van der Waals surface area contributed by atoms with E-state index in [2.05, 4.69) is 29.6 Å². The average Bonchev–Trinajstić information content (AvgIpc) is 2.94. The summed E-state index contributed by atoms with van der Waals surface area (Å²) in [5, 5.41) is 2.94. The lowest BCUT2D eigenvalue weighted by Gasteiger charge is -2.34. The van der Waals surface area contributed by atoms with Crippen LogP contribution in [0.2, 0.25) is 0 Å². The van der Waals surface area contributed by atoms with Crippen molar-refractivity contribution in [2.45, 2.75) is 38.5 Å². The van der Waals surface area contributed by atoms with Gasteiger partial charge in [-0.15, -0.1) is 0 Å². The van der Waals surface area contributed by atoms with Gasteiger partial charge in [0.2, 0.25) is 11.8 Å². The first-order valence-electron chi connectivity index (χ1n) is 13.2. The SMILES string of the molecule is CCOC(=O)C1=C(C)N(CC(=O)NCCC(c2ccccc2)c2ccccc2)C(=O)CC1c1cccc(F)c1. The van der Waals surface area contributed by atoms with Gasteiger partial charge in [0.1, 0.15) is 12.4 Å². The molecular weight excluding hydrogens is 495 g/mol. The quantitative estimate of drug-likeness (QED) is 0.362. The van der Waals surface area contributed by atoms with Crippen molar-refractivity contribution in [1.82, 2.24) is 10.2 Å². The van der Waals surface area contributed by atoms with Crippen LogP contribution in [0.4, 0.5) is 4.39 Å². The number of carbonyl (C=O) groups is 3. The van der Waals surface area contributed by atoms with Gasteiger partial charge < -0.3 is 15.0 Å². The smallest absolute Gasteiger partial charge is 0.336 e. The second-order valence-electron chi connectivity index (χ2n) is 9.52. The van der Waals surface area contributed by atoms with Crippen molar-refractivity contribution in [3.05, 3.63) is 119 Å². The highest BCUT2D eigenvalue weighted by Gasteiger charge is 2.37. The molecule has 3 aromatic rings. The molecule has 7 heteroatoms. The molecule has 3 aromatic carbocycles. The van der Waals surface area contributed by atoms with Crippen molar-refractivity contribution in [2.24, 2.45) is 0 Å². The second kappa shape index (κ2) is 13.0. The van der Waals surface area contributed by atoms with Crippen LogP contribution < -0.4 is 5.32 Å². The maximum Gasteiger partial charge on any atom is 0.336 e. The number of carbonyl (C=O) groups excluding carboxylic acids is 3. The van der Waals surface area contributed by atoms with Gasteiger partial charge in [-0.25, -0.2) is 9.18 Å². The zero-order valence-corrected chi connectivity index (χ0v) is 22.2. The van der Waals surface area contributed by atoms with Crippen LogP contribution in [-0.2, 0) is 19.1 Å². The number of esters is 1. The van der Waals surface area contributed by atoms with Crippen LogP contribution in [0.25, 0.3) is 0 Å². The van der Waals surface area contributed by atoms with Crippen LogP contribution in [0, 0.1) is 5.82 Å². The number of hydrogen-bond donors (Lipinski definition) is 1. The number of rotatable bonds is 10. The fourth-order valence-corrected chi connectivity index (χ4v) is 5.14. The Kier molecular flexibility index (Phi) is 9.26. The Morgan fingerprint density at radius 3 is 2.23 bits per heavy atom. The Morgan fingerprint density at radius 1 is 1.00 bits per heavy atom. The molecule has 39 heavy (non-hydrogen) atoms. The number of hydrogen-bond acceptors (Lipinski definition) is 4. The van der Waals surface area contributed by atoms with Crippen LogP contribution in [0.3, 0.4) is 0 Å². The van der Waals surface area contributed by atoms with Crippen LogP contribution in [0.1, 0.15) is 55.2 Å². The molecular formula is C32H33FN2O4. The molecule has 6 nitrogen and oxygen atoms in total. The summed E-state index contributed by atoms with van der Waals surface area (Å²) in [7, 11) is 0. The lowest BCUT2D eigenvalue weighted by atomic mass is 9.83. The molecule has 1 unspecified atom stereocenters. The molecule has 0 radical (unpaired) electrons. The molecule has 0 aliphatic carbocycles. The summed E-state index contributed by atoms with van der Waals surface area (Å²) in [6.07, 6.45) is 0.616. The van der Waals surface area contributed by atoms with Gasteiger partial charge in [0.15, 0.2) is 0 Å². The highest BCUT2D eigenvalue weighted by Crippen LogP contribution is 2.37. The molecule has 0 saturated heterocycles. The number of ether oxygens (including phenoxy) is 1. The Hall–Kier alpha value is -4.26. The molecule has 1 N–H and O–H groups in total. The molecule has 2 amide bonds. The van der Waals surface area contributed by atoms with E-state index in [0.29, 0.717) is 24.2 Å². The Morgan fingerprint density at radius 2 is 1.64 bits per heavy atom. The van der Waals surface area contributed by atoms with E-state index in [1.165, 1.54) is 17.0 Å². The molecule has 1 atom stereocenters. The molecule has 0 bridgehead atoms. The van der Waals surface area contributed by atoms with Crippen molar-refractivity contribution in [2.75, 3.05) is 19.7 Å². The largest absolute Gasteiger partial charge is 0.463 e. The van der Waals surface area contributed by atoms with Crippen LogP contribution >= 0.6 is 0 Å². The summed E-state index contributed by atoms with van der Waals surface area (Å²) in [5.74, 6) is -2.20. The van der Waals surface area contributed by atoms with Crippen LogP contribution in [0.5, 0.6) is 0 Å². The predicted octanol–water partition coefficient (Wildman–Crippen LogP) is 5.32. The van der Waals surface area contributed by atoms with E-state index >= 15 is 0 Å². The molecule has 0 aromatic heterocycles. The third-order valence-corrected chi connectivity index (χ3v) is 7.03. The number of nitrogens with zero attached hydrogens (tertiary/aromatic N) is 1. The van der Waals surface area contributed by atoms with Gasteiger partial charge in [-0.2, -0.15) is 0 Å². The van der Waals surface area contributed by atoms with Gasteiger partial charge >= 0.3 is 5.97 Å². The molecule has 202 valence electrons. The fraction of sp³-hybridized carbons (Fsp3) is 0.281. The maximum absolute atomic E-state index is 14.0. The Labute approximate surface area is 228 Å². The van der Waals surface area contributed by atoms with Gasteiger partial charge in [-0.3, -0.25) is 9.59 Å². The first-order valence-corrected chi connectivity index (χ1v) is 13.2. The van der Waals surface area contributed by atoms with Crippen molar-refractivity contribution in [3.8, 4) is 0 Å². The van der Waals surface area contributed by atoms with Gasteiger partial charge in [0, 0.05) is 30.5 Å². The molecule has 0 fully saturated rings. The zero-order chi connectivity index (χ0) is 27.8. The number of amides is 2. The first-order chi connectivity index (χ1) is 18.9. The molecule has 0 spiro atoms. The lowest BCUT2D eigenvalue weighted by Crippen LogP contribution is -2.44. The summed E-state index contributed by atoms with van der Waals surface area (Å²) in [4.78, 5) is 40.4. The van der Waals surface area contributed by atoms with Gasteiger partial charge in [-0.1, -0.05) is 72.8 Å². The lowest BCUT2D eigenvalue weighted by molar-refractivity contribution is -0.141. The van der Waals surface area contributed by atoms with E-state index in [1.807, 2.05) is 36.4 Å². The summed E-state index contributed by atoms with van der Waals surface area (Å²) in [6.45, 7) is 3.68. The second-order valence-corrected chi connectivity index (χ2v) is 9.52. The summed E-state index contributed by atoms with van der Waals surface area (Å²) < 4.78 is 19.2. The Balaban J connectivity index is 1.48. The average molecular weight is 529 g/mol. The van der Waals surface area contributed by atoms with Gasteiger partial charge in [-0.05, 0) is 49.1 Å². The zero-order valence-electron chi connectivity index (χ0n) is 22.2. The topological polar surface area (TPSA) is 75.7 Å². The van der Waals surface area contributed by atoms with Crippen LogP contribution in [0.15, 0.2) is 96.2 Å². The number of benzene rings is 3. The monoisotopic (exact) mass is 528 g/mol. The summed E-state index contributed by atoms with van der Waals surface area (Å²) >= 11 is 0.